The summed E-state index contributed by atoms with van der Waals surface area (Å²) >= 11 is 5.76. The van der Waals surface area contributed by atoms with Gasteiger partial charge in [-0.25, -0.2) is 4.79 Å². The van der Waals surface area contributed by atoms with Crippen molar-refractivity contribution in [2.24, 2.45) is 0 Å². The minimum Gasteiger partial charge on any atom is -0.378 e. The Hall–Kier alpha value is -1.26. The van der Waals surface area contributed by atoms with Gasteiger partial charge in [0.25, 0.3) is 0 Å². The Labute approximate surface area is 99.1 Å². The fraction of sp³-hybridized carbons (Fsp3) is 0.364. The van der Waals surface area contributed by atoms with E-state index in [1.807, 2.05) is 0 Å². The van der Waals surface area contributed by atoms with Gasteiger partial charge in [-0.2, -0.15) is 0 Å². The number of nitrogens with zero attached hydrogens (tertiary/aromatic N) is 1. The first-order chi connectivity index (χ1) is 7.75. The Morgan fingerprint density at radius 3 is 2.50 bits per heavy atom. The van der Waals surface area contributed by atoms with Crippen LogP contribution in [0.5, 0.6) is 0 Å². The molecule has 0 spiro atoms. The summed E-state index contributed by atoms with van der Waals surface area (Å²) in [4.78, 5) is 13.5. The van der Waals surface area contributed by atoms with Crippen LogP contribution in [0.3, 0.4) is 0 Å². The van der Waals surface area contributed by atoms with Gasteiger partial charge in [0.2, 0.25) is 0 Å². The van der Waals surface area contributed by atoms with Crippen LogP contribution >= 0.6 is 11.6 Å². The number of carbonyl (C=O) groups is 1. The van der Waals surface area contributed by atoms with Crippen LogP contribution in [0.4, 0.5) is 10.5 Å². The molecule has 1 fully saturated rings. The Bertz CT molecular complexity index is 361. The van der Waals surface area contributed by atoms with Gasteiger partial charge in [0.1, 0.15) is 0 Å². The molecule has 86 valence electrons. The third-order valence-corrected chi connectivity index (χ3v) is 2.65. The predicted molar refractivity (Wildman–Crippen MR) is 62.9 cm³/mol. The predicted octanol–water partition coefficient (Wildman–Crippen LogP) is 2.20. The first-order valence-corrected chi connectivity index (χ1v) is 5.53. The van der Waals surface area contributed by atoms with Crippen LogP contribution in [0.1, 0.15) is 0 Å². The van der Waals surface area contributed by atoms with Gasteiger partial charge in [-0.3, -0.25) is 0 Å². The molecule has 16 heavy (non-hydrogen) atoms. The number of anilines is 1. The third kappa shape index (κ3) is 2.87. The maximum Gasteiger partial charge on any atom is 0.321 e. The van der Waals surface area contributed by atoms with Crippen molar-refractivity contribution >= 4 is 23.3 Å². The second-order valence-electron chi connectivity index (χ2n) is 3.54. The second kappa shape index (κ2) is 5.18. The lowest BCUT2D eigenvalue weighted by Gasteiger charge is -2.26. The van der Waals surface area contributed by atoms with E-state index in [1.165, 1.54) is 0 Å². The quantitative estimate of drug-likeness (QED) is 0.818. The molecule has 0 radical (unpaired) electrons. The van der Waals surface area contributed by atoms with Crippen molar-refractivity contribution in [3.05, 3.63) is 29.3 Å². The normalized spacial score (nSPS) is 15.9. The minimum absolute atomic E-state index is 0.0920. The number of ether oxygens (including phenoxy) is 1. The lowest BCUT2D eigenvalue weighted by Crippen LogP contribution is -2.43. The van der Waals surface area contributed by atoms with E-state index in [1.54, 1.807) is 29.2 Å². The molecule has 2 amide bonds. The molecule has 0 bridgehead atoms. The van der Waals surface area contributed by atoms with Gasteiger partial charge in [-0.15, -0.1) is 0 Å². The SMILES string of the molecule is O=C(Nc1ccc(Cl)cc1)N1CCOCC1. The number of nitrogens with one attached hydrogen (secondary N) is 1. The zero-order valence-corrected chi connectivity index (χ0v) is 9.54. The zero-order chi connectivity index (χ0) is 11.4. The molecular formula is C11H13ClN2O2. The van der Waals surface area contributed by atoms with Crippen molar-refractivity contribution in [3.8, 4) is 0 Å². The van der Waals surface area contributed by atoms with Crippen molar-refractivity contribution in [1.82, 2.24) is 4.90 Å². The maximum absolute atomic E-state index is 11.8. The van der Waals surface area contributed by atoms with E-state index in [0.717, 1.165) is 5.69 Å². The molecule has 1 saturated heterocycles. The standard InChI is InChI=1S/C11H13ClN2O2/c12-9-1-3-10(4-2-9)13-11(15)14-5-7-16-8-6-14/h1-4H,5-8H2,(H,13,15). The summed E-state index contributed by atoms with van der Waals surface area (Å²) in [5.74, 6) is 0. The highest BCUT2D eigenvalue weighted by atomic mass is 35.5. The largest absolute Gasteiger partial charge is 0.378 e. The highest BCUT2D eigenvalue weighted by molar-refractivity contribution is 6.30. The zero-order valence-electron chi connectivity index (χ0n) is 8.78. The summed E-state index contributed by atoms with van der Waals surface area (Å²) in [6, 6.07) is 6.96. The molecule has 1 aliphatic heterocycles. The highest BCUT2D eigenvalue weighted by Crippen LogP contribution is 2.14. The molecule has 5 heteroatoms. The molecule has 0 atom stereocenters. The Morgan fingerprint density at radius 2 is 1.88 bits per heavy atom. The van der Waals surface area contributed by atoms with Crippen LogP contribution in [0, 0.1) is 0 Å². The van der Waals surface area contributed by atoms with Crippen LogP contribution in [0.15, 0.2) is 24.3 Å². The lowest BCUT2D eigenvalue weighted by atomic mass is 10.3. The van der Waals surface area contributed by atoms with E-state index in [4.69, 9.17) is 16.3 Å². The third-order valence-electron chi connectivity index (χ3n) is 2.39. The molecule has 0 unspecified atom stereocenters. The van der Waals surface area contributed by atoms with E-state index in [2.05, 4.69) is 5.32 Å². The van der Waals surface area contributed by atoms with Crippen LogP contribution < -0.4 is 5.32 Å². The van der Waals surface area contributed by atoms with Crippen LogP contribution in [0.2, 0.25) is 5.02 Å². The smallest absolute Gasteiger partial charge is 0.321 e. The summed E-state index contributed by atoms with van der Waals surface area (Å²) in [6.07, 6.45) is 0. The molecule has 0 saturated carbocycles. The summed E-state index contributed by atoms with van der Waals surface area (Å²) in [6.45, 7) is 2.49. The Balaban J connectivity index is 1.93. The average Bonchev–Trinajstić information content (AvgIpc) is 2.33. The second-order valence-corrected chi connectivity index (χ2v) is 3.97. The molecule has 1 aromatic rings. The molecule has 1 aliphatic rings. The van der Waals surface area contributed by atoms with Crippen molar-refractivity contribution in [2.75, 3.05) is 31.6 Å². The maximum atomic E-state index is 11.8. The van der Waals surface area contributed by atoms with Gasteiger partial charge in [-0.1, -0.05) is 11.6 Å². The van der Waals surface area contributed by atoms with E-state index >= 15 is 0 Å². The van der Waals surface area contributed by atoms with Crippen LogP contribution in [-0.2, 0) is 4.74 Å². The average molecular weight is 241 g/mol. The molecule has 0 aliphatic carbocycles. The number of hydrogen-bond donors (Lipinski definition) is 1. The van der Waals surface area contributed by atoms with E-state index < -0.39 is 0 Å². The number of morpholine rings is 1. The van der Waals surface area contributed by atoms with E-state index in [-0.39, 0.29) is 6.03 Å². The van der Waals surface area contributed by atoms with Crippen molar-refractivity contribution < 1.29 is 9.53 Å². The molecule has 4 nitrogen and oxygen atoms in total. The lowest BCUT2D eigenvalue weighted by molar-refractivity contribution is 0.0564. The number of halogens is 1. The highest BCUT2D eigenvalue weighted by Gasteiger charge is 2.16. The number of rotatable bonds is 1. The van der Waals surface area contributed by atoms with Crippen LogP contribution in [-0.4, -0.2) is 37.2 Å². The topological polar surface area (TPSA) is 41.6 Å². The minimum atomic E-state index is -0.0920. The summed E-state index contributed by atoms with van der Waals surface area (Å²) < 4.78 is 5.18. The van der Waals surface area contributed by atoms with E-state index in [0.29, 0.717) is 31.3 Å². The first-order valence-electron chi connectivity index (χ1n) is 5.15. The molecule has 0 aromatic heterocycles. The molecular weight excluding hydrogens is 228 g/mol. The molecule has 1 N–H and O–H groups in total. The van der Waals surface area contributed by atoms with E-state index in [9.17, 15) is 4.79 Å². The van der Waals surface area contributed by atoms with Crippen molar-refractivity contribution in [1.29, 1.82) is 0 Å². The molecule has 1 aromatic carbocycles. The number of carbonyl (C=O) groups excluding carboxylic acids is 1. The Kier molecular flexibility index (Phi) is 3.64. The van der Waals surface area contributed by atoms with Crippen molar-refractivity contribution in [2.45, 2.75) is 0 Å². The first kappa shape index (κ1) is 11.2. The van der Waals surface area contributed by atoms with Gasteiger partial charge in [0.05, 0.1) is 13.2 Å². The molecule has 1 heterocycles. The number of amides is 2. The monoisotopic (exact) mass is 240 g/mol. The Morgan fingerprint density at radius 1 is 1.25 bits per heavy atom. The van der Waals surface area contributed by atoms with Crippen molar-refractivity contribution in [3.63, 3.8) is 0 Å². The number of hydrogen-bond acceptors (Lipinski definition) is 2. The molecule has 2 rings (SSSR count). The summed E-state index contributed by atoms with van der Waals surface area (Å²) in [5.41, 5.74) is 0.751. The van der Waals surface area contributed by atoms with Gasteiger partial charge in [0.15, 0.2) is 0 Å². The summed E-state index contributed by atoms with van der Waals surface area (Å²) in [7, 11) is 0. The fourth-order valence-corrected chi connectivity index (χ4v) is 1.63. The van der Waals surface area contributed by atoms with Gasteiger partial charge >= 0.3 is 6.03 Å². The van der Waals surface area contributed by atoms with Gasteiger partial charge in [-0.05, 0) is 24.3 Å². The number of urea groups is 1. The van der Waals surface area contributed by atoms with Crippen LogP contribution in [0.25, 0.3) is 0 Å². The van der Waals surface area contributed by atoms with Gasteiger partial charge < -0.3 is 15.0 Å². The fourth-order valence-electron chi connectivity index (χ4n) is 1.50. The van der Waals surface area contributed by atoms with Gasteiger partial charge in [0, 0.05) is 23.8 Å². The number of benzene rings is 1. The summed E-state index contributed by atoms with van der Waals surface area (Å²) in [5, 5.41) is 3.47.